The number of H-pyrrole nitrogens is 1. The van der Waals surface area contributed by atoms with Crippen molar-refractivity contribution in [3.8, 4) is 0 Å². The molecule has 244 valence electrons. The van der Waals surface area contributed by atoms with Gasteiger partial charge in [0.1, 0.15) is 0 Å². The maximum absolute atomic E-state index is 15.1. The van der Waals surface area contributed by atoms with Crippen molar-refractivity contribution >= 4 is 39.3 Å². The fourth-order valence-electron chi connectivity index (χ4n) is 6.50. The van der Waals surface area contributed by atoms with Crippen molar-refractivity contribution in [3.05, 3.63) is 114 Å². The van der Waals surface area contributed by atoms with E-state index in [1.165, 1.54) is 6.33 Å². The van der Waals surface area contributed by atoms with Gasteiger partial charge in [0.05, 0.1) is 36.6 Å². The Morgan fingerprint density at radius 1 is 0.809 bits per heavy atom. The van der Waals surface area contributed by atoms with Gasteiger partial charge in [0.15, 0.2) is 0 Å². The first-order valence-electron chi connectivity index (χ1n) is 16.1. The van der Waals surface area contributed by atoms with Crippen LogP contribution in [0.1, 0.15) is 43.5 Å². The number of amides is 3. The van der Waals surface area contributed by atoms with Gasteiger partial charge in [-0.05, 0) is 57.9 Å². The SMILES string of the molecule is CC(C)C[C@@H]([C@@H](O)CC(N)=O)N(C(=O)C(Cc1cccc2ccccc12)Cc1cccc2ccccc12)C(=O)[C@@H](N)Cc1c[nH]cn1. The number of hydrogen-bond acceptors (Lipinski definition) is 6. The Hall–Kier alpha value is -4.86. The third-order valence-electron chi connectivity index (χ3n) is 8.72. The molecule has 0 aliphatic rings. The number of aromatic nitrogens is 2. The molecule has 3 atom stereocenters. The Morgan fingerprint density at radius 2 is 1.36 bits per heavy atom. The number of benzene rings is 4. The van der Waals surface area contributed by atoms with Gasteiger partial charge < -0.3 is 21.6 Å². The molecule has 0 bridgehead atoms. The molecule has 47 heavy (non-hydrogen) atoms. The van der Waals surface area contributed by atoms with Crippen molar-refractivity contribution in [2.24, 2.45) is 23.3 Å². The number of carbonyl (C=O) groups excluding carboxylic acids is 3. The molecule has 0 aliphatic carbocycles. The van der Waals surface area contributed by atoms with Crippen molar-refractivity contribution in [3.63, 3.8) is 0 Å². The zero-order chi connectivity index (χ0) is 33.5. The maximum atomic E-state index is 15.1. The fraction of sp³-hybridized carbons (Fsp3) is 0.316. The molecule has 0 fully saturated rings. The largest absolute Gasteiger partial charge is 0.390 e. The highest BCUT2D eigenvalue weighted by atomic mass is 16.3. The standard InChI is InChI=1S/C38H43N5O4/c1-24(2)17-34(35(44)21-36(40)45)43(38(47)33(39)20-30-22-41-23-42-30)37(46)29(18-27-13-7-11-25-9-3-5-15-31(25)27)19-28-14-8-12-26-10-4-6-16-32(26)28/h3-16,22-24,29,33-35,44H,17-21,39H2,1-2H3,(H2,40,45)(H,41,42)/t33-,34-,35-/m0/s1. The van der Waals surface area contributed by atoms with Crippen LogP contribution in [0.3, 0.4) is 0 Å². The van der Waals surface area contributed by atoms with E-state index in [0.717, 1.165) is 37.6 Å². The minimum Gasteiger partial charge on any atom is -0.390 e. The minimum absolute atomic E-state index is 0.0252. The molecule has 5 aromatic rings. The van der Waals surface area contributed by atoms with Crippen LogP contribution in [-0.4, -0.2) is 55.9 Å². The Kier molecular flexibility index (Phi) is 10.8. The van der Waals surface area contributed by atoms with Crippen molar-refractivity contribution in [1.29, 1.82) is 0 Å². The highest BCUT2D eigenvalue weighted by Crippen LogP contribution is 2.29. The van der Waals surface area contributed by atoms with E-state index in [1.54, 1.807) is 6.20 Å². The van der Waals surface area contributed by atoms with E-state index in [-0.39, 0.29) is 18.8 Å². The number of fused-ring (bicyclic) bond motifs is 2. The lowest BCUT2D eigenvalue weighted by molar-refractivity contribution is -0.155. The van der Waals surface area contributed by atoms with Crippen molar-refractivity contribution in [2.45, 2.75) is 64.1 Å². The van der Waals surface area contributed by atoms with Gasteiger partial charge in [-0.1, -0.05) is 98.8 Å². The topological polar surface area (TPSA) is 155 Å². The number of imide groups is 1. The minimum atomic E-state index is -1.36. The second kappa shape index (κ2) is 15.2. The summed E-state index contributed by atoms with van der Waals surface area (Å²) in [6.07, 6.45) is 2.40. The Bertz CT molecular complexity index is 1750. The van der Waals surface area contributed by atoms with Crippen LogP contribution in [0.4, 0.5) is 0 Å². The number of imidazole rings is 1. The summed E-state index contributed by atoms with van der Waals surface area (Å²) < 4.78 is 0. The molecule has 0 saturated heterocycles. The lowest BCUT2D eigenvalue weighted by Gasteiger charge is -2.37. The van der Waals surface area contributed by atoms with Crippen LogP contribution in [0, 0.1) is 11.8 Å². The van der Waals surface area contributed by atoms with Crippen molar-refractivity contribution in [2.75, 3.05) is 0 Å². The molecule has 5 rings (SSSR count). The number of carbonyl (C=O) groups is 3. The zero-order valence-electron chi connectivity index (χ0n) is 26.9. The van der Waals surface area contributed by atoms with E-state index in [4.69, 9.17) is 11.5 Å². The van der Waals surface area contributed by atoms with Gasteiger partial charge in [-0.25, -0.2) is 4.98 Å². The summed E-state index contributed by atoms with van der Waals surface area (Å²) in [5.74, 6) is -2.54. The molecule has 1 heterocycles. The lowest BCUT2D eigenvalue weighted by atomic mass is 9.86. The summed E-state index contributed by atoms with van der Waals surface area (Å²) >= 11 is 0. The van der Waals surface area contributed by atoms with E-state index in [9.17, 15) is 14.7 Å². The molecule has 9 heteroatoms. The molecular formula is C38H43N5O4. The van der Waals surface area contributed by atoms with E-state index in [0.29, 0.717) is 18.5 Å². The van der Waals surface area contributed by atoms with Crippen LogP contribution < -0.4 is 11.5 Å². The molecule has 0 radical (unpaired) electrons. The van der Waals surface area contributed by atoms with E-state index in [1.807, 2.05) is 98.8 Å². The summed E-state index contributed by atoms with van der Waals surface area (Å²) in [4.78, 5) is 49.7. The Morgan fingerprint density at radius 3 is 1.87 bits per heavy atom. The second-order valence-electron chi connectivity index (χ2n) is 12.7. The first-order chi connectivity index (χ1) is 22.6. The van der Waals surface area contributed by atoms with E-state index >= 15 is 4.79 Å². The van der Waals surface area contributed by atoms with Gasteiger partial charge in [0.25, 0.3) is 0 Å². The number of aliphatic hydroxyl groups is 1. The summed E-state index contributed by atoms with van der Waals surface area (Å²) in [5.41, 5.74) is 14.5. The molecule has 9 nitrogen and oxygen atoms in total. The fourth-order valence-corrected chi connectivity index (χ4v) is 6.50. The van der Waals surface area contributed by atoms with Crippen LogP contribution in [0.2, 0.25) is 0 Å². The first kappa shape index (κ1) is 33.5. The van der Waals surface area contributed by atoms with Gasteiger partial charge >= 0.3 is 0 Å². The Labute approximate surface area is 275 Å². The smallest absolute Gasteiger partial charge is 0.246 e. The third kappa shape index (κ3) is 8.11. The molecule has 6 N–H and O–H groups in total. The highest BCUT2D eigenvalue weighted by Gasteiger charge is 2.40. The number of nitrogens with two attached hydrogens (primary N) is 2. The molecule has 0 spiro atoms. The average molecular weight is 634 g/mol. The maximum Gasteiger partial charge on any atom is 0.246 e. The lowest BCUT2D eigenvalue weighted by Crippen LogP contribution is -2.58. The second-order valence-corrected chi connectivity index (χ2v) is 12.7. The van der Waals surface area contributed by atoms with Gasteiger partial charge in [0.2, 0.25) is 17.7 Å². The van der Waals surface area contributed by atoms with Gasteiger partial charge in [-0.2, -0.15) is 0 Å². The number of hydrogen-bond donors (Lipinski definition) is 4. The quantitative estimate of drug-likeness (QED) is 0.139. The number of aliphatic hydroxyl groups excluding tert-OH is 1. The van der Waals surface area contributed by atoms with Crippen molar-refractivity contribution in [1.82, 2.24) is 14.9 Å². The molecule has 0 unspecified atom stereocenters. The first-order valence-corrected chi connectivity index (χ1v) is 16.1. The monoisotopic (exact) mass is 633 g/mol. The van der Waals surface area contributed by atoms with Crippen molar-refractivity contribution < 1.29 is 19.5 Å². The summed E-state index contributed by atoms with van der Waals surface area (Å²) in [6.45, 7) is 3.87. The van der Waals surface area contributed by atoms with Crippen LogP contribution in [-0.2, 0) is 33.6 Å². The normalized spacial score (nSPS) is 13.6. The predicted octanol–water partition coefficient (Wildman–Crippen LogP) is 4.69. The summed E-state index contributed by atoms with van der Waals surface area (Å²) in [6, 6.07) is 25.9. The van der Waals surface area contributed by atoms with Gasteiger partial charge in [-0.15, -0.1) is 0 Å². The Balaban J connectivity index is 1.62. The van der Waals surface area contributed by atoms with Crippen LogP contribution in [0.15, 0.2) is 97.5 Å². The molecule has 0 saturated carbocycles. The van der Waals surface area contributed by atoms with Gasteiger partial charge in [-0.3, -0.25) is 19.3 Å². The molecule has 0 aliphatic heterocycles. The predicted molar refractivity (Wildman–Crippen MR) is 184 cm³/mol. The number of nitrogens with one attached hydrogen (secondary N) is 1. The number of rotatable bonds is 14. The number of nitrogens with zero attached hydrogens (tertiary/aromatic N) is 2. The average Bonchev–Trinajstić information content (AvgIpc) is 3.56. The number of aromatic amines is 1. The summed E-state index contributed by atoms with van der Waals surface area (Å²) in [7, 11) is 0. The van der Waals surface area contributed by atoms with E-state index < -0.39 is 48.2 Å². The third-order valence-corrected chi connectivity index (χ3v) is 8.72. The van der Waals surface area contributed by atoms with E-state index in [2.05, 4.69) is 9.97 Å². The van der Waals surface area contributed by atoms with Crippen LogP contribution >= 0.6 is 0 Å². The van der Waals surface area contributed by atoms with Gasteiger partial charge in [0, 0.05) is 18.5 Å². The molecule has 4 aromatic carbocycles. The summed E-state index contributed by atoms with van der Waals surface area (Å²) in [5, 5.41) is 15.5. The number of primary amides is 1. The zero-order valence-corrected chi connectivity index (χ0v) is 26.9. The molecule has 3 amide bonds. The highest BCUT2D eigenvalue weighted by molar-refractivity contribution is 6.00. The van der Waals surface area contributed by atoms with Crippen LogP contribution in [0.5, 0.6) is 0 Å². The molecular weight excluding hydrogens is 590 g/mol. The molecule has 1 aromatic heterocycles. The van der Waals surface area contributed by atoms with Crippen LogP contribution in [0.25, 0.3) is 21.5 Å².